The van der Waals surface area contributed by atoms with E-state index < -0.39 is 0 Å². The van der Waals surface area contributed by atoms with Crippen molar-refractivity contribution in [3.05, 3.63) is 65.7 Å². The van der Waals surface area contributed by atoms with Crippen LogP contribution >= 0.6 is 0 Å². The molecule has 2 N–H and O–H groups in total. The van der Waals surface area contributed by atoms with Gasteiger partial charge in [0.2, 0.25) is 5.91 Å². The Balaban J connectivity index is 1.84. The Bertz CT molecular complexity index is 549. The van der Waals surface area contributed by atoms with Crippen LogP contribution in [-0.2, 0) is 17.8 Å². The lowest BCUT2D eigenvalue weighted by Crippen LogP contribution is -2.29. The summed E-state index contributed by atoms with van der Waals surface area (Å²) in [6, 6.07) is 16.8. The summed E-state index contributed by atoms with van der Waals surface area (Å²) in [5.74, 6) is 0.195. The van der Waals surface area contributed by atoms with Crippen LogP contribution in [-0.4, -0.2) is 11.0 Å². The standard InChI is InChI=1S/C17H19NO2/c1-13(11-14-7-9-16(19)10-8-14)17(20)18-12-15-5-3-2-4-6-15/h2-10,13,19H,11-12H2,1H3,(H,18,20). The van der Waals surface area contributed by atoms with Crippen LogP contribution < -0.4 is 5.32 Å². The first kappa shape index (κ1) is 14.1. The number of phenolic OH excluding ortho intramolecular Hbond substituents is 1. The Morgan fingerprint density at radius 1 is 1.05 bits per heavy atom. The van der Waals surface area contributed by atoms with E-state index in [0.717, 1.165) is 11.1 Å². The molecule has 2 aromatic rings. The van der Waals surface area contributed by atoms with Crippen LogP contribution in [0.5, 0.6) is 5.75 Å². The fraction of sp³-hybridized carbons (Fsp3) is 0.235. The fourth-order valence-electron chi connectivity index (χ4n) is 2.04. The van der Waals surface area contributed by atoms with E-state index in [-0.39, 0.29) is 17.6 Å². The van der Waals surface area contributed by atoms with Gasteiger partial charge in [0, 0.05) is 12.5 Å². The Labute approximate surface area is 119 Å². The number of hydrogen-bond acceptors (Lipinski definition) is 2. The monoisotopic (exact) mass is 269 g/mol. The molecule has 0 fully saturated rings. The van der Waals surface area contributed by atoms with Crippen molar-refractivity contribution in [2.45, 2.75) is 19.9 Å². The lowest BCUT2D eigenvalue weighted by molar-refractivity contribution is -0.124. The van der Waals surface area contributed by atoms with Gasteiger partial charge in [0.1, 0.15) is 5.75 Å². The molecule has 1 atom stereocenters. The quantitative estimate of drug-likeness (QED) is 0.877. The summed E-state index contributed by atoms with van der Waals surface area (Å²) < 4.78 is 0. The minimum absolute atomic E-state index is 0.0435. The molecule has 0 aromatic heterocycles. The lowest BCUT2D eigenvalue weighted by atomic mass is 10.0. The highest BCUT2D eigenvalue weighted by molar-refractivity contribution is 5.78. The lowest BCUT2D eigenvalue weighted by Gasteiger charge is -2.12. The molecule has 0 saturated carbocycles. The minimum atomic E-state index is -0.0942. The van der Waals surface area contributed by atoms with E-state index in [2.05, 4.69) is 5.32 Å². The first-order chi connectivity index (χ1) is 9.65. The Kier molecular flexibility index (Phi) is 4.77. The largest absolute Gasteiger partial charge is 0.508 e. The summed E-state index contributed by atoms with van der Waals surface area (Å²) in [7, 11) is 0. The summed E-state index contributed by atoms with van der Waals surface area (Å²) in [5.41, 5.74) is 2.14. The molecule has 20 heavy (non-hydrogen) atoms. The van der Waals surface area contributed by atoms with Crippen LogP contribution in [0.15, 0.2) is 54.6 Å². The van der Waals surface area contributed by atoms with Gasteiger partial charge in [-0.05, 0) is 29.7 Å². The molecule has 0 radical (unpaired) electrons. The Hall–Kier alpha value is -2.29. The predicted molar refractivity (Wildman–Crippen MR) is 79.3 cm³/mol. The van der Waals surface area contributed by atoms with Crippen molar-refractivity contribution >= 4 is 5.91 Å². The molecule has 0 bridgehead atoms. The van der Waals surface area contributed by atoms with Crippen LogP contribution in [0.3, 0.4) is 0 Å². The van der Waals surface area contributed by atoms with Crippen molar-refractivity contribution < 1.29 is 9.90 Å². The van der Waals surface area contributed by atoms with Crippen LogP contribution in [0.2, 0.25) is 0 Å². The van der Waals surface area contributed by atoms with Gasteiger partial charge in [0.05, 0.1) is 0 Å². The molecule has 104 valence electrons. The van der Waals surface area contributed by atoms with Gasteiger partial charge in [0.25, 0.3) is 0 Å². The molecular weight excluding hydrogens is 250 g/mol. The zero-order chi connectivity index (χ0) is 14.4. The first-order valence-electron chi connectivity index (χ1n) is 6.74. The molecule has 0 aliphatic heterocycles. The summed E-state index contributed by atoms with van der Waals surface area (Å²) in [4.78, 5) is 12.0. The van der Waals surface area contributed by atoms with Gasteiger partial charge in [-0.25, -0.2) is 0 Å². The summed E-state index contributed by atoms with van der Waals surface area (Å²) in [6.45, 7) is 2.47. The highest BCUT2D eigenvalue weighted by Crippen LogP contribution is 2.13. The third-order valence-corrected chi connectivity index (χ3v) is 3.24. The third-order valence-electron chi connectivity index (χ3n) is 3.24. The molecule has 3 nitrogen and oxygen atoms in total. The van der Waals surface area contributed by atoms with Gasteiger partial charge >= 0.3 is 0 Å². The number of hydrogen-bond donors (Lipinski definition) is 2. The molecule has 3 heteroatoms. The summed E-state index contributed by atoms with van der Waals surface area (Å²) in [5, 5.41) is 12.2. The van der Waals surface area contributed by atoms with Crippen molar-refractivity contribution in [1.82, 2.24) is 5.32 Å². The molecule has 0 aliphatic carbocycles. The van der Waals surface area contributed by atoms with Crippen molar-refractivity contribution in [1.29, 1.82) is 0 Å². The van der Waals surface area contributed by atoms with Gasteiger partial charge in [-0.3, -0.25) is 4.79 Å². The van der Waals surface area contributed by atoms with Crippen LogP contribution in [0.4, 0.5) is 0 Å². The summed E-state index contributed by atoms with van der Waals surface area (Å²) >= 11 is 0. The number of carbonyl (C=O) groups excluding carboxylic acids is 1. The molecule has 1 amide bonds. The van der Waals surface area contributed by atoms with Crippen molar-refractivity contribution in [2.24, 2.45) is 5.92 Å². The topological polar surface area (TPSA) is 49.3 Å². The summed E-state index contributed by atoms with van der Waals surface area (Å²) in [6.07, 6.45) is 0.668. The van der Waals surface area contributed by atoms with Gasteiger partial charge < -0.3 is 10.4 Å². The number of amides is 1. The molecular formula is C17H19NO2. The third kappa shape index (κ3) is 4.12. The van der Waals surface area contributed by atoms with E-state index >= 15 is 0 Å². The second kappa shape index (κ2) is 6.75. The number of carbonyl (C=O) groups is 1. The second-order valence-corrected chi connectivity index (χ2v) is 4.98. The first-order valence-corrected chi connectivity index (χ1v) is 6.74. The zero-order valence-corrected chi connectivity index (χ0v) is 11.5. The van der Waals surface area contributed by atoms with E-state index in [9.17, 15) is 9.90 Å². The number of aromatic hydroxyl groups is 1. The van der Waals surface area contributed by atoms with Crippen LogP contribution in [0, 0.1) is 5.92 Å². The van der Waals surface area contributed by atoms with E-state index in [4.69, 9.17) is 0 Å². The van der Waals surface area contributed by atoms with E-state index in [1.807, 2.05) is 49.4 Å². The average molecular weight is 269 g/mol. The van der Waals surface area contributed by atoms with Crippen LogP contribution in [0.1, 0.15) is 18.1 Å². The van der Waals surface area contributed by atoms with E-state index in [1.165, 1.54) is 0 Å². The fourth-order valence-corrected chi connectivity index (χ4v) is 2.04. The van der Waals surface area contributed by atoms with Gasteiger partial charge in [-0.1, -0.05) is 49.4 Å². The molecule has 2 aromatic carbocycles. The zero-order valence-electron chi connectivity index (χ0n) is 11.5. The highest BCUT2D eigenvalue weighted by Gasteiger charge is 2.13. The number of nitrogens with one attached hydrogen (secondary N) is 1. The maximum absolute atomic E-state index is 12.0. The SMILES string of the molecule is CC(Cc1ccc(O)cc1)C(=O)NCc1ccccc1. The second-order valence-electron chi connectivity index (χ2n) is 4.98. The van der Waals surface area contributed by atoms with Crippen molar-refractivity contribution in [3.8, 4) is 5.75 Å². The number of benzene rings is 2. The minimum Gasteiger partial charge on any atom is -0.508 e. The highest BCUT2D eigenvalue weighted by atomic mass is 16.3. The Morgan fingerprint density at radius 3 is 2.35 bits per heavy atom. The molecule has 1 unspecified atom stereocenters. The number of phenols is 1. The number of rotatable bonds is 5. The van der Waals surface area contributed by atoms with Gasteiger partial charge in [-0.15, -0.1) is 0 Å². The maximum Gasteiger partial charge on any atom is 0.223 e. The molecule has 0 saturated heterocycles. The van der Waals surface area contributed by atoms with Gasteiger partial charge in [-0.2, -0.15) is 0 Å². The maximum atomic E-state index is 12.0. The van der Waals surface area contributed by atoms with Gasteiger partial charge in [0.15, 0.2) is 0 Å². The smallest absolute Gasteiger partial charge is 0.223 e. The van der Waals surface area contributed by atoms with Crippen molar-refractivity contribution in [2.75, 3.05) is 0 Å². The average Bonchev–Trinajstić information content (AvgIpc) is 2.48. The molecule has 0 spiro atoms. The van der Waals surface area contributed by atoms with E-state index in [1.54, 1.807) is 12.1 Å². The van der Waals surface area contributed by atoms with Crippen molar-refractivity contribution in [3.63, 3.8) is 0 Å². The molecule has 0 heterocycles. The molecule has 0 aliphatic rings. The van der Waals surface area contributed by atoms with E-state index in [0.29, 0.717) is 13.0 Å². The normalized spacial score (nSPS) is 11.8. The Morgan fingerprint density at radius 2 is 1.70 bits per heavy atom. The van der Waals surface area contributed by atoms with Crippen LogP contribution in [0.25, 0.3) is 0 Å². The predicted octanol–water partition coefficient (Wildman–Crippen LogP) is 2.89. The molecule has 2 rings (SSSR count).